The number of hydrogen-bond acceptors (Lipinski definition) is 5. The molecule has 0 saturated heterocycles. The third-order valence-electron chi connectivity index (χ3n) is 3.02. The number of hydrogen-bond donors (Lipinski definition) is 3. The Morgan fingerprint density at radius 2 is 1.83 bits per heavy atom. The molecule has 2 amide bonds. The van der Waals surface area contributed by atoms with Gasteiger partial charge in [0.1, 0.15) is 17.9 Å². The zero-order valence-corrected chi connectivity index (χ0v) is 13.0. The molecule has 124 valence electrons. The van der Waals surface area contributed by atoms with Crippen LogP contribution in [-0.4, -0.2) is 30.2 Å². The number of benzene rings is 2. The number of phenolic OH excluding ortho intramolecular Hbond substituents is 1. The Labute approximate surface area is 139 Å². The Morgan fingerprint density at radius 1 is 1.12 bits per heavy atom. The molecule has 24 heavy (non-hydrogen) atoms. The summed E-state index contributed by atoms with van der Waals surface area (Å²) < 4.78 is 5.02. The van der Waals surface area contributed by atoms with Crippen LogP contribution >= 0.6 is 0 Å². The molecule has 0 fully saturated rings. The zero-order chi connectivity index (χ0) is 17.4. The zero-order valence-electron chi connectivity index (χ0n) is 13.0. The van der Waals surface area contributed by atoms with Crippen molar-refractivity contribution in [2.75, 3.05) is 12.4 Å². The number of nitrogens with one attached hydrogen (secondary N) is 2. The Morgan fingerprint density at radius 3 is 2.50 bits per heavy atom. The number of anilines is 1. The smallest absolute Gasteiger partial charge is 0.249 e. The monoisotopic (exact) mass is 327 g/mol. The van der Waals surface area contributed by atoms with E-state index in [1.165, 1.54) is 12.3 Å². The van der Waals surface area contributed by atoms with Gasteiger partial charge in [-0.3, -0.25) is 9.59 Å². The maximum atomic E-state index is 11.8. The minimum Gasteiger partial charge on any atom is -0.507 e. The standard InChI is InChI=1S/C17H17N3O4/c1-24-14-8-6-13(7-9-14)19-16(22)10-17(23)20-18-11-12-4-2-3-5-15(12)21/h2-9,11,21H,10H2,1H3,(H,19,22)(H,20,23). The van der Waals surface area contributed by atoms with Crippen LogP contribution in [0.5, 0.6) is 11.5 Å². The number of phenols is 1. The third kappa shape index (κ3) is 5.13. The molecule has 2 aromatic rings. The van der Waals surface area contributed by atoms with Gasteiger partial charge in [0.25, 0.3) is 0 Å². The van der Waals surface area contributed by atoms with Crippen LogP contribution in [0.4, 0.5) is 5.69 Å². The number of carbonyl (C=O) groups is 2. The summed E-state index contributed by atoms with van der Waals surface area (Å²) in [4.78, 5) is 23.4. The summed E-state index contributed by atoms with van der Waals surface area (Å²) in [6.07, 6.45) is 0.929. The lowest BCUT2D eigenvalue weighted by Gasteiger charge is -2.05. The van der Waals surface area contributed by atoms with Crippen molar-refractivity contribution in [3.8, 4) is 11.5 Å². The minimum absolute atomic E-state index is 0.0488. The van der Waals surface area contributed by atoms with Crippen LogP contribution in [0.3, 0.4) is 0 Å². The Bertz CT molecular complexity index is 742. The van der Waals surface area contributed by atoms with E-state index in [9.17, 15) is 14.7 Å². The van der Waals surface area contributed by atoms with Crippen LogP contribution in [0.25, 0.3) is 0 Å². The maximum absolute atomic E-state index is 11.8. The second-order valence-electron chi connectivity index (χ2n) is 4.81. The second kappa shape index (κ2) is 8.33. The quantitative estimate of drug-likeness (QED) is 0.428. The van der Waals surface area contributed by atoms with E-state index >= 15 is 0 Å². The number of amides is 2. The van der Waals surface area contributed by atoms with Gasteiger partial charge in [-0.05, 0) is 36.4 Å². The first-order valence-electron chi connectivity index (χ1n) is 7.12. The fraction of sp³-hybridized carbons (Fsp3) is 0.118. The average Bonchev–Trinajstić information content (AvgIpc) is 2.57. The largest absolute Gasteiger partial charge is 0.507 e. The number of rotatable bonds is 6. The number of methoxy groups -OCH3 is 1. The Hall–Kier alpha value is -3.35. The fourth-order valence-corrected chi connectivity index (χ4v) is 1.84. The van der Waals surface area contributed by atoms with Crippen molar-refractivity contribution < 1.29 is 19.4 Å². The highest BCUT2D eigenvalue weighted by atomic mass is 16.5. The Balaban J connectivity index is 1.81. The van der Waals surface area contributed by atoms with Crippen LogP contribution in [-0.2, 0) is 9.59 Å². The molecule has 2 aromatic carbocycles. The lowest BCUT2D eigenvalue weighted by atomic mass is 10.2. The van der Waals surface area contributed by atoms with E-state index in [2.05, 4.69) is 15.8 Å². The molecule has 0 saturated carbocycles. The van der Waals surface area contributed by atoms with E-state index in [0.29, 0.717) is 17.0 Å². The second-order valence-corrected chi connectivity index (χ2v) is 4.81. The van der Waals surface area contributed by atoms with E-state index in [4.69, 9.17) is 4.74 Å². The fourth-order valence-electron chi connectivity index (χ4n) is 1.84. The average molecular weight is 327 g/mol. The predicted octanol–water partition coefficient (Wildman–Crippen LogP) is 1.88. The molecule has 2 rings (SSSR count). The summed E-state index contributed by atoms with van der Waals surface area (Å²) in [5, 5.41) is 15.8. The van der Waals surface area contributed by atoms with Crippen molar-refractivity contribution in [3.63, 3.8) is 0 Å². The topological polar surface area (TPSA) is 100 Å². The number of aromatic hydroxyl groups is 1. The van der Waals surface area contributed by atoms with E-state index in [-0.39, 0.29) is 12.2 Å². The molecule has 0 aromatic heterocycles. The van der Waals surface area contributed by atoms with Crippen LogP contribution in [0.2, 0.25) is 0 Å². The lowest BCUT2D eigenvalue weighted by Crippen LogP contribution is -2.24. The number of carbonyl (C=O) groups excluding carboxylic acids is 2. The normalized spacial score (nSPS) is 10.4. The number of nitrogens with zero attached hydrogens (tertiary/aromatic N) is 1. The van der Waals surface area contributed by atoms with Gasteiger partial charge in [-0.1, -0.05) is 12.1 Å². The molecule has 0 heterocycles. The van der Waals surface area contributed by atoms with Gasteiger partial charge in [0.15, 0.2) is 0 Å². The predicted molar refractivity (Wildman–Crippen MR) is 90.1 cm³/mol. The number of hydrazone groups is 1. The molecule has 0 aliphatic heterocycles. The summed E-state index contributed by atoms with van der Waals surface area (Å²) >= 11 is 0. The Kier molecular flexibility index (Phi) is 5.90. The van der Waals surface area contributed by atoms with Crippen LogP contribution < -0.4 is 15.5 Å². The van der Waals surface area contributed by atoms with Crippen molar-refractivity contribution in [3.05, 3.63) is 54.1 Å². The molecule has 3 N–H and O–H groups in total. The van der Waals surface area contributed by atoms with Crippen LogP contribution in [0, 0.1) is 0 Å². The summed E-state index contributed by atoms with van der Waals surface area (Å²) in [7, 11) is 1.55. The van der Waals surface area contributed by atoms with Crippen molar-refractivity contribution >= 4 is 23.7 Å². The molecule has 7 nitrogen and oxygen atoms in total. The highest BCUT2D eigenvalue weighted by Crippen LogP contribution is 2.15. The van der Waals surface area contributed by atoms with E-state index < -0.39 is 11.8 Å². The summed E-state index contributed by atoms with van der Waals surface area (Å²) in [6, 6.07) is 13.3. The molecule has 0 aliphatic rings. The van der Waals surface area contributed by atoms with Crippen molar-refractivity contribution in [2.45, 2.75) is 6.42 Å². The SMILES string of the molecule is COc1ccc(NC(=O)CC(=O)NN=Cc2ccccc2O)cc1. The van der Waals surface area contributed by atoms with Gasteiger partial charge < -0.3 is 15.2 Å². The van der Waals surface area contributed by atoms with Crippen molar-refractivity contribution in [1.82, 2.24) is 5.43 Å². The molecular formula is C17H17N3O4. The minimum atomic E-state index is -0.562. The first-order valence-corrected chi connectivity index (χ1v) is 7.12. The number of ether oxygens (including phenoxy) is 1. The molecule has 0 atom stereocenters. The van der Waals surface area contributed by atoms with Gasteiger partial charge in [0.2, 0.25) is 11.8 Å². The molecular weight excluding hydrogens is 310 g/mol. The van der Waals surface area contributed by atoms with Gasteiger partial charge in [0.05, 0.1) is 13.3 Å². The molecule has 0 radical (unpaired) electrons. The first-order chi connectivity index (χ1) is 11.6. The molecule has 7 heteroatoms. The summed E-state index contributed by atoms with van der Waals surface area (Å²) in [5.41, 5.74) is 3.25. The molecule has 0 spiro atoms. The number of para-hydroxylation sites is 1. The first kappa shape index (κ1) is 17.0. The van der Waals surface area contributed by atoms with E-state index in [1.54, 1.807) is 49.6 Å². The van der Waals surface area contributed by atoms with Gasteiger partial charge in [0, 0.05) is 11.3 Å². The molecule has 0 bridgehead atoms. The molecule has 0 aliphatic carbocycles. The van der Waals surface area contributed by atoms with E-state index in [0.717, 1.165) is 0 Å². The summed E-state index contributed by atoms with van der Waals surface area (Å²) in [6.45, 7) is 0. The van der Waals surface area contributed by atoms with E-state index in [1.807, 2.05) is 0 Å². The van der Waals surface area contributed by atoms with Crippen molar-refractivity contribution in [1.29, 1.82) is 0 Å². The molecule has 0 unspecified atom stereocenters. The highest BCUT2D eigenvalue weighted by Gasteiger charge is 2.09. The van der Waals surface area contributed by atoms with Gasteiger partial charge in [-0.15, -0.1) is 0 Å². The summed E-state index contributed by atoms with van der Waals surface area (Å²) in [5.74, 6) is -0.305. The van der Waals surface area contributed by atoms with Gasteiger partial charge in [-0.2, -0.15) is 5.10 Å². The third-order valence-corrected chi connectivity index (χ3v) is 3.02. The van der Waals surface area contributed by atoms with Gasteiger partial charge in [-0.25, -0.2) is 5.43 Å². The lowest BCUT2D eigenvalue weighted by molar-refractivity contribution is -0.126. The highest BCUT2D eigenvalue weighted by molar-refractivity contribution is 6.03. The van der Waals surface area contributed by atoms with Crippen molar-refractivity contribution in [2.24, 2.45) is 5.10 Å². The van der Waals surface area contributed by atoms with Gasteiger partial charge >= 0.3 is 0 Å². The maximum Gasteiger partial charge on any atom is 0.249 e. The van der Waals surface area contributed by atoms with Crippen LogP contribution in [0.15, 0.2) is 53.6 Å². The van der Waals surface area contributed by atoms with Crippen LogP contribution in [0.1, 0.15) is 12.0 Å².